The van der Waals surface area contributed by atoms with Crippen molar-refractivity contribution in [2.75, 3.05) is 6.79 Å². The SMILES string of the molecule is N#C/C(=C/c1cc(I)c(OCc2ccc(Cl)cc2Cl)c(I)c1)c1ccc2c(c1)OCO2. The van der Waals surface area contributed by atoms with Crippen molar-refractivity contribution < 1.29 is 14.2 Å². The quantitative estimate of drug-likeness (QED) is 0.159. The van der Waals surface area contributed by atoms with Gasteiger partial charge in [0, 0.05) is 15.6 Å². The molecule has 0 atom stereocenters. The molecule has 1 aliphatic heterocycles. The fourth-order valence-electron chi connectivity index (χ4n) is 3.00. The Balaban J connectivity index is 1.58. The summed E-state index contributed by atoms with van der Waals surface area (Å²) < 4.78 is 18.7. The summed E-state index contributed by atoms with van der Waals surface area (Å²) in [5.74, 6) is 2.10. The predicted molar refractivity (Wildman–Crippen MR) is 139 cm³/mol. The van der Waals surface area contributed by atoms with Crippen LogP contribution < -0.4 is 14.2 Å². The summed E-state index contributed by atoms with van der Waals surface area (Å²) >= 11 is 16.7. The predicted octanol–water partition coefficient (Wildman–Crippen LogP) is 7.57. The molecule has 0 aliphatic carbocycles. The first-order valence-corrected chi connectivity index (χ1v) is 11.9. The van der Waals surface area contributed by atoms with E-state index in [-0.39, 0.29) is 6.79 Å². The lowest BCUT2D eigenvalue weighted by molar-refractivity contribution is 0.174. The van der Waals surface area contributed by atoms with Gasteiger partial charge in [-0.1, -0.05) is 29.3 Å². The second-order valence-electron chi connectivity index (χ2n) is 6.58. The van der Waals surface area contributed by atoms with Gasteiger partial charge in [-0.3, -0.25) is 0 Å². The Labute approximate surface area is 217 Å². The third-order valence-electron chi connectivity index (χ3n) is 4.52. The van der Waals surface area contributed by atoms with Crippen molar-refractivity contribution in [2.24, 2.45) is 0 Å². The van der Waals surface area contributed by atoms with Crippen LogP contribution in [0.3, 0.4) is 0 Å². The van der Waals surface area contributed by atoms with Gasteiger partial charge in [0.15, 0.2) is 11.5 Å². The summed E-state index contributed by atoms with van der Waals surface area (Å²) in [4.78, 5) is 0. The van der Waals surface area contributed by atoms with Gasteiger partial charge in [0.1, 0.15) is 12.4 Å². The van der Waals surface area contributed by atoms with E-state index >= 15 is 0 Å². The molecule has 1 aliphatic rings. The highest BCUT2D eigenvalue weighted by Crippen LogP contribution is 2.36. The van der Waals surface area contributed by atoms with E-state index < -0.39 is 0 Å². The second-order valence-corrected chi connectivity index (χ2v) is 9.74. The highest BCUT2D eigenvalue weighted by molar-refractivity contribution is 14.1. The Hall–Kier alpha value is -1.67. The van der Waals surface area contributed by atoms with Crippen LogP contribution in [0.4, 0.5) is 0 Å². The number of nitriles is 1. The van der Waals surface area contributed by atoms with E-state index in [4.69, 9.17) is 37.4 Å². The van der Waals surface area contributed by atoms with Gasteiger partial charge < -0.3 is 14.2 Å². The molecule has 4 rings (SSSR count). The summed E-state index contributed by atoms with van der Waals surface area (Å²) in [6.07, 6.45) is 1.85. The molecule has 0 saturated carbocycles. The van der Waals surface area contributed by atoms with E-state index in [9.17, 15) is 5.26 Å². The molecule has 0 radical (unpaired) electrons. The Morgan fingerprint density at radius 1 is 1.03 bits per heavy atom. The van der Waals surface area contributed by atoms with Crippen molar-refractivity contribution in [3.8, 4) is 23.3 Å². The molecular weight excluding hydrogens is 663 g/mol. The number of hydrogen-bond donors (Lipinski definition) is 0. The number of fused-ring (bicyclic) bond motifs is 1. The maximum absolute atomic E-state index is 9.70. The number of halogens is 4. The lowest BCUT2D eigenvalue weighted by Crippen LogP contribution is -2.00. The highest BCUT2D eigenvalue weighted by Gasteiger charge is 2.15. The molecule has 31 heavy (non-hydrogen) atoms. The van der Waals surface area contributed by atoms with Crippen LogP contribution in [0, 0.1) is 18.5 Å². The molecule has 0 fully saturated rings. The lowest BCUT2D eigenvalue weighted by atomic mass is 10.0. The number of nitrogens with zero attached hydrogens (tertiary/aromatic N) is 1. The summed E-state index contributed by atoms with van der Waals surface area (Å²) in [6.45, 7) is 0.529. The van der Waals surface area contributed by atoms with Crippen LogP contribution in [-0.4, -0.2) is 6.79 Å². The van der Waals surface area contributed by atoms with Crippen molar-refractivity contribution in [3.63, 3.8) is 0 Å². The van der Waals surface area contributed by atoms with Crippen molar-refractivity contribution in [2.45, 2.75) is 6.61 Å². The van der Waals surface area contributed by atoms with Crippen LogP contribution in [0.5, 0.6) is 17.2 Å². The summed E-state index contributed by atoms with van der Waals surface area (Å²) in [5, 5.41) is 10.9. The minimum Gasteiger partial charge on any atom is -0.487 e. The molecule has 3 aromatic carbocycles. The number of hydrogen-bond acceptors (Lipinski definition) is 4. The van der Waals surface area contributed by atoms with E-state index in [1.807, 2.05) is 42.5 Å². The first-order valence-electron chi connectivity index (χ1n) is 9.02. The molecule has 0 bridgehead atoms. The Bertz CT molecular complexity index is 1210. The number of allylic oxidation sites excluding steroid dienone is 1. The number of rotatable bonds is 5. The molecule has 3 aromatic rings. The molecule has 1 heterocycles. The average Bonchev–Trinajstić information content (AvgIpc) is 3.20. The maximum Gasteiger partial charge on any atom is 0.231 e. The largest absolute Gasteiger partial charge is 0.487 e. The summed E-state index contributed by atoms with van der Waals surface area (Å²) in [5.41, 5.74) is 3.07. The van der Waals surface area contributed by atoms with Crippen LogP contribution >= 0.6 is 68.4 Å². The zero-order valence-electron chi connectivity index (χ0n) is 15.8. The third kappa shape index (κ3) is 5.22. The smallest absolute Gasteiger partial charge is 0.231 e. The van der Waals surface area contributed by atoms with Crippen molar-refractivity contribution in [1.82, 2.24) is 0 Å². The number of ether oxygens (including phenoxy) is 3. The van der Waals surface area contributed by atoms with E-state index in [0.717, 1.165) is 29.6 Å². The molecule has 156 valence electrons. The van der Waals surface area contributed by atoms with Crippen molar-refractivity contribution in [3.05, 3.63) is 82.4 Å². The van der Waals surface area contributed by atoms with Gasteiger partial charge in [0.25, 0.3) is 0 Å². The van der Waals surface area contributed by atoms with Gasteiger partial charge in [0.05, 0.1) is 18.8 Å². The molecular formula is C23H13Cl2I2NO3. The standard InChI is InChI=1S/C23H13Cl2I2NO3/c24-17-3-1-15(18(25)9-17)11-29-23-19(26)6-13(7-20(23)27)5-16(10-28)14-2-4-21-22(8-14)31-12-30-21/h1-9H,11-12H2/b16-5-. The van der Waals surface area contributed by atoms with E-state index in [2.05, 4.69) is 51.3 Å². The third-order valence-corrected chi connectivity index (χ3v) is 6.71. The van der Waals surface area contributed by atoms with Crippen molar-refractivity contribution in [1.29, 1.82) is 5.26 Å². The normalized spacial score (nSPS) is 12.5. The monoisotopic (exact) mass is 675 g/mol. The zero-order valence-corrected chi connectivity index (χ0v) is 21.6. The van der Waals surface area contributed by atoms with Gasteiger partial charge >= 0.3 is 0 Å². The molecule has 0 spiro atoms. The summed E-state index contributed by atoms with van der Waals surface area (Å²) in [7, 11) is 0. The zero-order chi connectivity index (χ0) is 22.0. The first kappa shape index (κ1) is 22.5. The maximum atomic E-state index is 9.70. The number of benzene rings is 3. The minimum absolute atomic E-state index is 0.198. The molecule has 0 saturated heterocycles. The fourth-order valence-corrected chi connectivity index (χ4v) is 5.59. The van der Waals surface area contributed by atoms with Gasteiger partial charge in [-0.25, -0.2) is 0 Å². The Kier molecular flexibility index (Phi) is 7.16. The first-order chi connectivity index (χ1) is 14.9. The van der Waals surface area contributed by atoms with Gasteiger partial charge in [0.2, 0.25) is 6.79 Å². The summed E-state index contributed by atoms with van der Waals surface area (Å²) in [6, 6.07) is 17.1. The Morgan fingerprint density at radius 2 is 1.77 bits per heavy atom. The lowest BCUT2D eigenvalue weighted by Gasteiger charge is -2.13. The van der Waals surface area contributed by atoms with E-state index in [1.165, 1.54) is 0 Å². The van der Waals surface area contributed by atoms with Crippen LogP contribution in [0.1, 0.15) is 16.7 Å². The second kappa shape index (κ2) is 9.86. The topological polar surface area (TPSA) is 51.5 Å². The Morgan fingerprint density at radius 3 is 2.48 bits per heavy atom. The van der Waals surface area contributed by atoms with Crippen LogP contribution in [0.25, 0.3) is 11.6 Å². The minimum atomic E-state index is 0.198. The van der Waals surface area contributed by atoms with Gasteiger partial charge in [-0.2, -0.15) is 5.26 Å². The molecule has 0 unspecified atom stereocenters. The van der Waals surface area contributed by atoms with E-state index in [1.54, 1.807) is 12.1 Å². The van der Waals surface area contributed by atoms with Crippen LogP contribution in [0.15, 0.2) is 48.5 Å². The van der Waals surface area contributed by atoms with Crippen LogP contribution in [0.2, 0.25) is 10.0 Å². The van der Waals surface area contributed by atoms with Crippen molar-refractivity contribution >= 4 is 80.0 Å². The molecule has 0 N–H and O–H groups in total. The average molecular weight is 676 g/mol. The fraction of sp³-hybridized carbons (Fsp3) is 0.0870. The molecule has 4 nitrogen and oxygen atoms in total. The molecule has 0 aromatic heterocycles. The molecule has 0 amide bonds. The van der Waals surface area contributed by atoms with Crippen LogP contribution in [-0.2, 0) is 6.61 Å². The highest BCUT2D eigenvalue weighted by atomic mass is 127. The molecule has 8 heteroatoms. The van der Waals surface area contributed by atoms with Gasteiger partial charge in [-0.15, -0.1) is 0 Å². The van der Waals surface area contributed by atoms with Gasteiger partial charge in [-0.05, 0) is 105 Å². The van der Waals surface area contributed by atoms with E-state index in [0.29, 0.717) is 33.7 Å².